The Hall–Kier alpha value is -1.92. The van der Waals surface area contributed by atoms with Gasteiger partial charge in [0.1, 0.15) is 0 Å². The van der Waals surface area contributed by atoms with Crippen LogP contribution in [0.5, 0.6) is 0 Å². The third-order valence-corrected chi connectivity index (χ3v) is 5.32. The molecule has 2 heterocycles. The van der Waals surface area contributed by atoms with Crippen molar-refractivity contribution in [2.75, 3.05) is 50.7 Å². The molecule has 0 atom stereocenters. The predicted octanol–water partition coefficient (Wildman–Crippen LogP) is 0.472. The van der Waals surface area contributed by atoms with Gasteiger partial charge in [0.15, 0.2) is 0 Å². The summed E-state index contributed by atoms with van der Waals surface area (Å²) in [5.41, 5.74) is 2.34. The van der Waals surface area contributed by atoms with Crippen LogP contribution in [0, 0.1) is 0 Å². The van der Waals surface area contributed by atoms with Crippen LogP contribution in [0.2, 0.25) is 0 Å². The second-order valence-electron chi connectivity index (χ2n) is 7.32. The molecule has 0 radical (unpaired) electrons. The van der Waals surface area contributed by atoms with Crippen molar-refractivity contribution < 1.29 is 9.59 Å². The third kappa shape index (κ3) is 4.02. The first-order valence-corrected chi connectivity index (χ1v) is 9.31. The summed E-state index contributed by atoms with van der Waals surface area (Å²) in [6.07, 6.45) is 3.20. The normalized spacial score (nSPS) is 21.2. The fraction of sp³-hybridized carbons (Fsp3) is 0.579. The quantitative estimate of drug-likeness (QED) is 0.845. The molecule has 0 aromatic heterocycles. The standard InChI is InChI=1S/C19H26N4O2/c24-18(20-16-5-6-16)13-21-9-11-22(12-10-21)14-19(25)23-8-7-15-3-1-2-4-17(15)23/h1-4,16H,5-14H2,(H,20,24). The van der Waals surface area contributed by atoms with Crippen LogP contribution in [0.3, 0.4) is 0 Å². The molecule has 3 aliphatic rings. The van der Waals surface area contributed by atoms with Gasteiger partial charge in [-0.15, -0.1) is 0 Å². The van der Waals surface area contributed by atoms with Gasteiger partial charge in [0, 0.05) is 44.5 Å². The van der Waals surface area contributed by atoms with Gasteiger partial charge in [-0.25, -0.2) is 0 Å². The number of benzene rings is 1. The van der Waals surface area contributed by atoms with Crippen LogP contribution >= 0.6 is 0 Å². The van der Waals surface area contributed by atoms with Crippen molar-refractivity contribution in [2.45, 2.75) is 25.3 Å². The lowest BCUT2D eigenvalue weighted by atomic mass is 10.2. The molecule has 6 heteroatoms. The first-order chi connectivity index (χ1) is 12.2. The molecule has 1 aromatic rings. The molecule has 1 saturated heterocycles. The van der Waals surface area contributed by atoms with E-state index < -0.39 is 0 Å². The summed E-state index contributed by atoms with van der Waals surface area (Å²) in [6.45, 7) is 5.13. The first-order valence-electron chi connectivity index (χ1n) is 9.31. The molecule has 0 bridgehead atoms. The maximum atomic E-state index is 12.7. The van der Waals surface area contributed by atoms with Crippen molar-refractivity contribution in [1.82, 2.24) is 15.1 Å². The van der Waals surface area contributed by atoms with Crippen molar-refractivity contribution in [1.29, 1.82) is 0 Å². The van der Waals surface area contributed by atoms with Gasteiger partial charge in [-0.1, -0.05) is 18.2 Å². The Bertz CT molecular complexity index is 651. The lowest BCUT2D eigenvalue weighted by Gasteiger charge is -2.34. The van der Waals surface area contributed by atoms with Crippen molar-refractivity contribution in [3.05, 3.63) is 29.8 Å². The summed E-state index contributed by atoms with van der Waals surface area (Å²) in [4.78, 5) is 30.9. The number of hydrogen-bond donors (Lipinski definition) is 1. The summed E-state index contributed by atoms with van der Waals surface area (Å²) in [7, 11) is 0. The van der Waals surface area contributed by atoms with Crippen LogP contribution in [0.4, 0.5) is 5.69 Å². The van der Waals surface area contributed by atoms with Crippen LogP contribution in [0.15, 0.2) is 24.3 Å². The van der Waals surface area contributed by atoms with Crippen LogP contribution in [0.25, 0.3) is 0 Å². The summed E-state index contributed by atoms with van der Waals surface area (Å²) in [6, 6.07) is 8.60. The average molecular weight is 342 g/mol. The van der Waals surface area contributed by atoms with E-state index in [1.165, 1.54) is 5.56 Å². The number of nitrogens with one attached hydrogen (secondary N) is 1. The number of nitrogens with zero attached hydrogens (tertiary/aromatic N) is 3. The van der Waals surface area contributed by atoms with E-state index in [0.717, 1.165) is 57.7 Å². The number of piperazine rings is 1. The predicted molar refractivity (Wildman–Crippen MR) is 96.5 cm³/mol. The number of amides is 2. The summed E-state index contributed by atoms with van der Waals surface area (Å²) in [5, 5.41) is 3.04. The SMILES string of the molecule is O=C(CN1CCN(CC(=O)N2CCc3ccccc32)CC1)NC1CC1. The lowest BCUT2D eigenvalue weighted by molar-refractivity contribution is -0.124. The highest BCUT2D eigenvalue weighted by Gasteiger charge is 2.28. The molecular weight excluding hydrogens is 316 g/mol. The van der Waals surface area contributed by atoms with Crippen LogP contribution in [-0.2, 0) is 16.0 Å². The molecule has 134 valence electrons. The van der Waals surface area contributed by atoms with E-state index in [4.69, 9.17) is 0 Å². The molecule has 1 aromatic carbocycles. The molecule has 2 aliphatic heterocycles. The fourth-order valence-electron chi connectivity index (χ4n) is 3.68. The molecule has 1 aliphatic carbocycles. The van der Waals surface area contributed by atoms with E-state index in [9.17, 15) is 9.59 Å². The van der Waals surface area contributed by atoms with Gasteiger partial charge in [-0.05, 0) is 30.9 Å². The monoisotopic (exact) mass is 342 g/mol. The van der Waals surface area contributed by atoms with Crippen molar-refractivity contribution >= 4 is 17.5 Å². The van der Waals surface area contributed by atoms with E-state index in [2.05, 4.69) is 21.2 Å². The largest absolute Gasteiger partial charge is 0.352 e. The van der Waals surface area contributed by atoms with Gasteiger partial charge < -0.3 is 10.2 Å². The smallest absolute Gasteiger partial charge is 0.241 e. The molecule has 0 spiro atoms. The highest BCUT2D eigenvalue weighted by molar-refractivity contribution is 5.96. The maximum absolute atomic E-state index is 12.7. The maximum Gasteiger partial charge on any atom is 0.241 e. The highest BCUT2D eigenvalue weighted by Crippen LogP contribution is 2.27. The van der Waals surface area contributed by atoms with Gasteiger partial charge in [0.2, 0.25) is 11.8 Å². The van der Waals surface area contributed by atoms with Crippen molar-refractivity contribution in [2.24, 2.45) is 0 Å². The Balaban J connectivity index is 1.23. The van der Waals surface area contributed by atoms with E-state index in [-0.39, 0.29) is 11.8 Å². The van der Waals surface area contributed by atoms with Gasteiger partial charge in [0.05, 0.1) is 13.1 Å². The zero-order chi connectivity index (χ0) is 17.2. The number of hydrogen-bond acceptors (Lipinski definition) is 4. The van der Waals surface area contributed by atoms with Crippen LogP contribution < -0.4 is 10.2 Å². The van der Waals surface area contributed by atoms with Crippen molar-refractivity contribution in [3.63, 3.8) is 0 Å². The molecule has 1 N–H and O–H groups in total. The first kappa shape index (κ1) is 16.5. The molecule has 2 amide bonds. The Morgan fingerprint density at radius 1 is 0.960 bits per heavy atom. The molecule has 6 nitrogen and oxygen atoms in total. The Labute approximate surface area is 148 Å². The minimum atomic E-state index is 0.140. The third-order valence-electron chi connectivity index (χ3n) is 5.32. The van der Waals surface area contributed by atoms with E-state index in [1.54, 1.807) is 0 Å². The number of para-hydroxylation sites is 1. The molecule has 25 heavy (non-hydrogen) atoms. The summed E-state index contributed by atoms with van der Waals surface area (Å²) < 4.78 is 0. The molecule has 0 unspecified atom stereocenters. The van der Waals surface area contributed by atoms with E-state index in [0.29, 0.717) is 19.1 Å². The lowest BCUT2D eigenvalue weighted by Crippen LogP contribution is -2.52. The zero-order valence-corrected chi connectivity index (χ0v) is 14.6. The number of carbonyl (C=O) groups excluding carboxylic acids is 2. The number of anilines is 1. The van der Waals surface area contributed by atoms with Crippen molar-refractivity contribution in [3.8, 4) is 0 Å². The summed E-state index contributed by atoms with van der Waals surface area (Å²) >= 11 is 0. The van der Waals surface area contributed by atoms with Gasteiger partial charge in [0.25, 0.3) is 0 Å². The number of rotatable bonds is 5. The fourth-order valence-corrected chi connectivity index (χ4v) is 3.68. The second kappa shape index (κ2) is 7.14. The van der Waals surface area contributed by atoms with Gasteiger partial charge in [-0.2, -0.15) is 0 Å². The van der Waals surface area contributed by atoms with E-state index >= 15 is 0 Å². The molecule has 2 fully saturated rings. The van der Waals surface area contributed by atoms with Gasteiger partial charge in [-0.3, -0.25) is 19.4 Å². The van der Waals surface area contributed by atoms with Crippen LogP contribution in [0.1, 0.15) is 18.4 Å². The van der Waals surface area contributed by atoms with E-state index in [1.807, 2.05) is 23.1 Å². The zero-order valence-electron chi connectivity index (χ0n) is 14.6. The Morgan fingerprint density at radius 3 is 2.36 bits per heavy atom. The second-order valence-corrected chi connectivity index (χ2v) is 7.32. The highest BCUT2D eigenvalue weighted by atomic mass is 16.2. The molecular formula is C19H26N4O2. The minimum absolute atomic E-state index is 0.140. The average Bonchev–Trinajstić information content (AvgIpc) is 3.31. The molecule has 1 saturated carbocycles. The molecule has 4 rings (SSSR count). The summed E-state index contributed by atoms with van der Waals surface area (Å²) in [5.74, 6) is 0.325. The number of carbonyl (C=O) groups is 2. The minimum Gasteiger partial charge on any atom is -0.352 e. The van der Waals surface area contributed by atoms with Crippen LogP contribution in [-0.4, -0.2) is 73.5 Å². The van der Waals surface area contributed by atoms with Gasteiger partial charge >= 0.3 is 0 Å². The number of fused-ring (bicyclic) bond motifs is 1. The Morgan fingerprint density at radius 2 is 1.64 bits per heavy atom. The topological polar surface area (TPSA) is 55.9 Å². The Kier molecular flexibility index (Phi) is 4.72.